The van der Waals surface area contributed by atoms with Crippen LogP contribution in [-0.4, -0.2) is 36.1 Å². The molecule has 3 rings (SSSR count). The Kier molecular flexibility index (Phi) is 5.30. The molecule has 1 aliphatic heterocycles. The van der Waals surface area contributed by atoms with Crippen LogP contribution >= 0.6 is 0 Å². The minimum absolute atomic E-state index is 0.0259. The molecular formula is C20H20N2O6. The van der Waals surface area contributed by atoms with E-state index in [1.165, 1.54) is 26.2 Å². The van der Waals surface area contributed by atoms with E-state index in [1.54, 1.807) is 4.90 Å². The molecule has 146 valence electrons. The van der Waals surface area contributed by atoms with Gasteiger partial charge < -0.3 is 14.4 Å². The van der Waals surface area contributed by atoms with Crippen molar-refractivity contribution in [1.82, 2.24) is 0 Å². The van der Waals surface area contributed by atoms with Crippen molar-refractivity contribution in [2.75, 3.05) is 12.0 Å². The molecule has 0 fully saturated rings. The maximum absolute atomic E-state index is 12.9. The highest BCUT2D eigenvalue weighted by molar-refractivity contribution is 6.01. The van der Waals surface area contributed by atoms with Gasteiger partial charge >= 0.3 is 11.7 Å². The number of hydrogen-bond acceptors (Lipinski definition) is 6. The summed E-state index contributed by atoms with van der Waals surface area (Å²) in [5.74, 6) is -1.12. The third-order valence-electron chi connectivity index (χ3n) is 4.69. The number of benzene rings is 2. The van der Waals surface area contributed by atoms with E-state index >= 15 is 0 Å². The van der Waals surface area contributed by atoms with Gasteiger partial charge in [-0.1, -0.05) is 18.2 Å². The van der Waals surface area contributed by atoms with Gasteiger partial charge in [0.25, 0.3) is 5.91 Å². The number of hydrogen-bond donors (Lipinski definition) is 0. The predicted octanol–water partition coefficient (Wildman–Crippen LogP) is 3.13. The second-order valence-corrected chi connectivity index (χ2v) is 6.58. The highest BCUT2D eigenvalue weighted by atomic mass is 16.6. The maximum atomic E-state index is 12.9. The van der Waals surface area contributed by atoms with Crippen molar-refractivity contribution in [3.8, 4) is 5.75 Å². The largest absolute Gasteiger partial charge is 0.490 e. The second-order valence-electron chi connectivity index (χ2n) is 6.58. The summed E-state index contributed by atoms with van der Waals surface area (Å²) in [6.07, 6.45) is -0.310. The number of anilines is 1. The molecule has 0 saturated heterocycles. The average molecular weight is 384 g/mol. The monoisotopic (exact) mass is 384 g/mol. The predicted molar refractivity (Wildman–Crippen MR) is 102 cm³/mol. The number of nitrogens with zero attached hydrogens (tertiary/aromatic N) is 2. The van der Waals surface area contributed by atoms with E-state index < -0.39 is 17.0 Å². The molecule has 0 spiro atoms. The summed E-state index contributed by atoms with van der Waals surface area (Å²) in [4.78, 5) is 37.4. The molecule has 2 atom stereocenters. The molecule has 1 heterocycles. The Balaban J connectivity index is 1.77. The van der Waals surface area contributed by atoms with E-state index in [0.717, 1.165) is 23.7 Å². The highest BCUT2D eigenvalue weighted by Gasteiger charge is 2.34. The Morgan fingerprint density at radius 1 is 1.25 bits per heavy atom. The van der Waals surface area contributed by atoms with Crippen LogP contribution in [0.1, 0.15) is 29.8 Å². The van der Waals surface area contributed by atoms with Crippen molar-refractivity contribution >= 4 is 23.3 Å². The molecule has 0 radical (unpaired) electrons. The number of methoxy groups -OCH3 is 1. The third kappa shape index (κ3) is 3.53. The topological polar surface area (TPSA) is 99.0 Å². The first-order valence-electron chi connectivity index (χ1n) is 8.78. The molecule has 2 aromatic rings. The van der Waals surface area contributed by atoms with Crippen molar-refractivity contribution < 1.29 is 24.0 Å². The zero-order valence-electron chi connectivity index (χ0n) is 15.7. The van der Waals surface area contributed by atoms with E-state index in [2.05, 4.69) is 0 Å². The van der Waals surface area contributed by atoms with Crippen LogP contribution in [0.15, 0.2) is 42.5 Å². The Morgan fingerprint density at radius 2 is 1.96 bits per heavy atom. The fourth-order valence-corrected chi connectivity index (χ4v) is 3.34. The number of carbonyl (C=O) groups excluding carboxylic acids is 2. The summed E-state index contributed by atoms with van der Waals surface area (Å²) in [5.41, 5.74) is 1.50. The van der Waals surface area contributed by atoms with E-state index in [-0.39, 0.29) is 28.9 Å². The Labute approximate surface area is 161 Å². The number of fused-ring (bicyclic) bond motifs is 1. The lowest BCUT2D eigenvalue weighted by molar-refractivity contribution is -0.385. The number of amides is 1. The normalized spacial score (nSPS) is 16.2. The molecule has 0 aliphatic carbocycles. The van der Waals surface area contributed by atoms with Gasteiger partial charge in [-0.25, -0.2) is 4.79 Å². The van der Waals surface area contributed by atoms with Crippen molar-refractivity contribution in [1.29, 1.82) is 0 Å². The minimum atomic E-state index is -1.04. The van der Waals surface area contributed by atoms with E-state index in [1.807, 2.05) is 31.2 Å². The average Bonchev–Trinajstić information content (AvgIpc) is 3.02. The zero-order valence-corrected chi connectivity index (χ0v) is 15.7. The summed E-state index contributed by atoms with van der Waals surface area (Å²) in [5, 5.41) is 11.1. The first kappa shape index (κ1) is 19.3. The van der Waals surface area contributed by atoms with E-state index in [9.17, 15) is 19.7 Å². The molecule has 0 N–H and O–H groups in total. The summed E-state index contributed by atoms with van der Waals surface area (Å²) >= 11 is 0. The lowest BCUT2D eigenvalue weighted by Crippen LogP contribution is -2.43. The lowest BCUT2D eigenvalue weighted by atomic mass is 10.1. The van der Waals surface area contributed by atoms with Gasteiger partial charge in [-0.05, 0) is 44.0 Å². The van der Waals surface area contributed by atoms with Crippen LogP contribution < -0.4 is 9.64 Å². The standard InChI is InChI=1S/C20H20N2O6/c1-12-10-14-6-4-5-7-16(14)21(12)19(23)13(2)28-20(24)15-8-9-18(27-3)17(11-15)22(25)26/h4-9,11-13H,10H2,1-3H3/t12-,13-/m0/s1. The smallest absolute Gasteiger partial charge is 0.339 e. The van der Waals surface area contributed by atoms with E-state index in [0.29, 0.717) is 0 Å². The van der Waals surface area contributed by atoms with Crippen LogP contribution in [0, 0.1) is 10.1 Å². The molecule has 1 aliphatic rings. The lowest BCUT2D eigenvalue weighted by Gasteiger charge is -2.25. The minimum Gasteiger partial charge on any atom is -0.490 e. The quantitative estimate of drug-likeness (QED) is 0.446. The van der Waals surface area contributed by atoms with E-state index in [4.69, 9.17) is 9.47 Å². The molecule has 0 unspecified atom stereocenters. The summed E-state index contributed by atoms with van der Waals surface area (Å²) < 4.78 is 10.2. The number of nitro benzene ring substituents is 1. The first-order valence-corrected chi connectivity index (χ1v) is 8.78. The van der Waals surface area contributed by atoms with Crippen molar-refractivity contribution in [2.45, 2.75) is 32.4 Å². The number of ether oxygens (including phenoxy) is 2. The number of carbonyl (C=O) groups is 2. The van der Waals surface area contributed by atoms with Crippen molar-refractivity contribution in [2.24, 2.45) is 0 Å². The van der Waals surface area contributed by atoms with Crippen LogP contribution in [0.2, 0.25) is 0 Å². The molecule has 28 heavy (non-hydrogen) atoms. The SMILES string of the molecule is COc1ccc(C(=O)O[C@@H](C)C(=O)N2c3ccccc3C[C@@H]2C)cc1[N+](=O)[O-]. The zero-order chi connectivity index (χ0) is 20.4. The highest BCUT2D eigenvalue weighted by Crippen LogP contribution is 2.33. The molecule has 0 aromatic heterocycles. The summed E-state index contributed by atoms with van der Waals surface area (Å²) in [7, 11) is 1.30. The number of para-hydroxylation sites is 1. The van der Waals surface area contributed by atoms with Gasteiger partial charge in [-0.2, -0.15) is 0 Å². The Hall–Kier alpha value is -3.42. The second kappa shape index (κ2) is 7.67. The molecule has 0 bridgehead atoms. The maximum Gasteiger partial charge on any atom is 0.339 e. The van der Waals surface area contributed by atoms with Crippen LogP contribution in [0.4, 0.5) is 11.4 Å². The van der Waals surface area contributed by atoms with Gasteiger partial charge in [0.2, 0.25) is 0 Å². The van der Waals surface area contributed by atoms with Crippen LogP contribution in [-0.2, 0) is 16.0 Å². The number of rotatable bonds is 5. The molecule has 0 saturated carbocycles. The number of esters is 1. The van der Waals surface area contributed by atoms with Crippen molar-refractivity contribution in [3.05, 3.63) is 63.7 Å². The third-order valence-corrected chi connectivity index (χ3v) is 4.69. The Bertz CT molecular complexity index is 942. The van der Waals surface area contributed by atoms with Gasteiger partial charge in [0.1, 0.15) is 0 Å². The van der Waals surface area contributed by atoms with Gasteiger partial charge in [-0.3, -0.25) is 14.9 Å². The summed E-state index contributed by atoms with van der Waals surface area (Å²) in [6.45, 7) is 3.42. The van der Waals surface area contributed by atoms with Crippen LogP contribution in [0.3, 0.4) is 0 Å². The van der Waals surface area contributed by atoms with Gasteiger partial charge in [0.05, 0.1) is 17.6 Å². The first-order chi connectivity index (χ1) is 13.3. The molecule has 8 heteroatoms. The Morgan fingerprint density at radius 3 is 2.64 bits per heavy atom. The molecule has 8 nitrogen and oxygen atoms in total. The molecular weight excluding hydrogens is 364 g/mol. The van der Waals surface area contributed by atoms with Crippen LogP contribution in [0.5, 0.6) is 5.75 Å². The fourth-order valence-electron chi connectivity index (χ4n) is 3.34. The van der Waals surface area contributed by atoms with Crippen LogP contribution in [0.25, 0.3) is 0 Å². The van der Waals surface area contributed by atoms with Gasteiger partial charge in [-0.15, -0.1) is 0 Å². The van der Waals surface area contributed by atoms with Crippen molar-refractivity contribution in [3.63, 3.8) is 0 Å². The fraction of sp³-hybridized carbons (Fsp3) is 0.300. The molecule has 2 aromatic carbocycles. The van der Waals surface area contributed by atoms with Gasteiger partial charge in [0, 0.05) is 17.8 Å². The van der Waals surface area contributed by atoms with Gasteiger partial charge in [0.15, 0.2) is 11.9 Å². The summed E-state index contributed by atoms with van der Waals surface area (Å²) in [6, 6.07) is 11.3. The molecule has 1 amide bonds. The number of nitro groups is 1.